The Hall–Kier alpha value is -1.32. The molecule has 0 saturated carbocycles. The van der Waals surface area contributed by atoms with E-state index < -0.39 is 17.4 Å². The van der Waals surface area contributed by atoms with E-state index >= 15 is 0 Å². The first-order valence-corrected chi connectivity index (χ1v) is 3.58. The van der Waals surface area contributed by atoms with Crippen molar-refractivity contribution in [3.63, 3.8) is 0 Å². The molecule has 0 aliphatic rings. The molecule has 68 valence electrons. The number of carboxylic acid groups (broad SMARTS) is 1. The zero-order valence-corrected chi connectivity index (χ0v) is 7.42. The second-order valence-corrected chi connectivity index (χ2v) is 2.92. The molecular weight excluding hydrogens is 158 g/mol. The van der Waals surface area contributed by atoms with Gasteiger partial charge in [0.1, 0.15) is 5.54 Å². The van der Waals surface area contributed by atoms with Gasteiger partial charge in [-0.05, 0) is 26.8 Å². The number of aliphatic carboxylic acids is 1. The van der Waals surface area contributed by atoms with E-state index in [9.17, 15) is 9.59 Å². The van der Waals surface area contributed by atoms with Gasteiger partial charge in [0.15, 0.2) is 0 Å². The predicted octanol–water partition coefficient (Wildman–Crippen LogP) is 0.542. The number of hydrogen-bond donors (Lipinski definition) is 2. The SMILES string of the molecule is CC=CC(=O)NC(C)(C)C(=O)O. The van der Waals surface area contributed by atoms with Crippen molar-refractivity contribution < 1.29 is 14.7 Å². The highest BCUT2D eigenvalue weighted by Gasteiger charge is 2.27. The Labute approximate surface area is 71.3 Å². The summed E-state index contributed by atoms with van der Waals surface area (Å²) in [6.45, 7) is 4.54. The van der Waals surface area contributed by atoms with Gasteiger partial charge in [0.25, 0.3) is 0 Å². The second kappa shape index (κ2) is 3.90. The Morgan fingerprint density at radius 2 is 1.92 bits per heavy atom. The third kappa shape index (κ3) is 3.18. The van der Waals surface area contributed by atoms with E-state index in [2.05, 4.69) is 5.32 Å². The van der Waals surface area contributed by atoms with Gasteiger partial charge in [-0.3, -0.25) is 4.79 Å². The number of carbonyl (C=O) groups excluding carboxylic acids is 1. The highest BCUT2D eigenvalue weighted by Crippen LogP contribution is 2.01. The van der Waals surface area contributed by atoms with Crippen LogP contribution < -0.4 is 5.32 Å². The first-order chi connectivity index (χ1) is 5.40. The summed E-state index contributed by atoms with van der Waals surface area (Å²) in [7, 11) is 0. The van der Waals surface area contributed by atoms with E-state index in [0.29, 0.717) is 0 Å². The Kier molecular flexibility index (Phi) is 3.47. The van der Waals surface area contributed by atoms with E-state index in [1.165, 1.54) is 19.9 Å². The molecule has 0 saturated heterocycles. The van der Waals surface area contributed by atoms with Crippen molar-refractivity contribution >= 4 is 11.9 Å². The summed E-state index contributed by atoms with van der Waals surface area (Å²) in [4.78, 5) is 21.4. The summed E-state index contributed by atoms with van der Waals surface area (Å²) in [6, 6.07) is 0. The molecule has 1 amide bonds. The van der Waals surface area contributed by atoms with Gasteiger partial charge in [-0.2, -0.15) is 0 Å². The zero-order chi connectivity index (χ0) is 9.78. The average Bonchev–Trinajstić information content (AvgIpc) is 1.85. The number of carboxylic acids is 1. The minimum Gasteiger partial charge on any atom is -0.480 e. The lowest BCUT2D eigenvalue weighted by molar-refractivity contribution is -0.145. The quantitative estimate of drug-likeness (QED) is 0.609. The molecule has 0 fully saturated rings. The lowest BCUT2D eigenvalue weighted by Gasteiger charge is -2.19. The molecule has 0 unspecified atom stereocenters. The molecule has 4 heteroatoms. The number of carbonyl (C=O) groups is 2. The Morgan fingerprint density at radius 3 is 2.25 bits per heavy atom. The van der Waals surface area contributed by atoms with Crippen molar-refractivity contribution in [3.05, 3.63) is 12.2 Å². The maximum absolute atomic E-state index is 10.9. The summed E-state index contributed by atoms with van der Waals surface area (Å²) < 4.78 is 0. The molecule has 0 radical (unpaired) electrons. The first kappa shape index (κ1) is 10.7. The van der Waals surface area contributed by atoms with Gasteiger partial charge in [-0.15, -0.1) is 0 Å². The molecule has 2 N–H and O–H groups in total. The summed E-state index contributed by atoms with van der Waals surface area (Å²) in [5.41, 5.74) is -1.21. The van der Waals surface area contributed by atoms with Gasteiger partial charge in [-0.1, -0.05) is 6.08 Å². The van der Waals surface area contributed by atoms with Crippen molar-refractivity contribution in [2.24, 2.45) is 0 Å². The van der Waals surface area contributed by atoms with Crippen molar-refractivity contribution in [1.29, 1.82) is 0 Å². The van der Waals surface area contributed by atoms with Crippen LogP contribution in [-0.4, -0.2) is 22.5 Å². The first-order valence-electron chi connectivity index (χ1n) is 3.58. The molecule has 0 aromatic carbocycles. The van der Waals surface area contributed by atoms with Crippen LogP contribution in [-0.2, 0) is 9.59 Å². The number of nitrogens with one attached hydrogen (secondary N) is 1. The molecule has 0 heterocycles. The molecule has 0 aliphatic heterocycles. The summed E-state index contributed by atoms with van der Waals surface area (Å²) in [5, 5.41) is 11.0. The van der Waals surface area contributed by atoms with Gasteiger partial charge < -0.3 is 10.4 Å². The van der Waals surface area contributed by atoms with E-state index in [4.69, 9.17) is 5.11 Å². The topological polar surface area (TPSA) is 66.4 Å². The molecule has 0 bridgehead atoms. The predicted molar refractivity (Wildman–Crippen MR) is 44.7 cm³/mol. The number of hydrogen-bond acceptors (Lipinski definition) is 2. The zero-order valence-electron chi connectivity index (χ0n) is 7.42. The van der Waals surface area contributed by atoms with Gasteiger partial charge in [0.2, 0.25) is 5.91 Å². The fourth-order valence-corrected chi connectivity index (χ4v) is 0.555. The fraction of sp³-hybridized carbons (Fsp3) is 0.500. The highest BCUT2D eigenvalue weighted by molar-refractivity contribution is 5.92. The Morgan fingerprint density at radius 1 is 1.42 bits per heavy atom. The van der Waals surface area contributed by atoms with Crippen LogP contribution >= 0.6 is 0 Å². The highest BCUT2D eigenvalue weighted by atomic mass is 16.4. The van der Waals surface area contributed by atoms with Crippen LogP contribution in [0, 0.1) is 0 Å². The van der Waals surface area contributed by atoms with E-state index in [1.54, 1.807) is 13.0 Å². The fourth-order valence-electron chi connectivity index (χ4n) is 0.555. The maximum Gasteiger partial charge on any atom is 0.328 e. The van der Waals surface area contributed by atoms with Crippen LogP contribution in [0.1, 0.15) is 20.8 Å². The van der Waals surface area contributed by atoms with Crippen LogP contribution in [0.3, 0.4) is 0 Å². The molecule has 0 atom stereocenters. The Bertz CT molecular complexity index is 218. The molecule has 0 aromatic heterocycles. The van der Waals surface area contributed by atoms with Crippen molar-refractivity contribution in [2.45, 2.75) is 26.3 Å². The summed E-state index contributed by atoms with van der Waals surface area (Å²) >= 11 is 0. The smallest absolute Gasteiger partial charge is 0.328 e. The number of allylic oxidation sites excluding steroid dienone is 1. The van der Waals surface area contributed by atoms with Crippen molar-refractivity contribution in [2.75, 3.05) is 0 Å². The molecule has 12 heavy (non-hydrogen) atoms. The molecule has 0 aromatic rings. The van der Waals surface area contributed by atoms with Gasteiger partial charge in [0.05, 0.1) is 0 Å². The largest absolute Gasteiger partial charge is 0.480 e. The lowest BCUT2D eigenvalue weighted by Crippen LogP contribution is -2.49. The van der Waals surface area contributed by atoms with Crippen LogP contribution in [0.15, 0.2) is 12.2 Å². The normalized spacial score (nSPS) is 11.6. The number of amides is 1. The van der Waals surface area contributed by atoms with Gasteiger partial charge in [-0.25, -0.2) is 4.79 Å². The third-order valence-electron chi connectivity index (χ3n) is 1.29. The van der Waals surface area contributed by atoms with Crippen molar-refractivity contribution in [3.8, 4) is 0 Å². The Balaban J connectivity index is 4.25. The summed E-state index contributed by atoms with van der Waals surface area (Å²) in [5.74, 6) is -1.45. The van der Waals surface area contributed by atoms with E-state index in [0.717, 1.165) is 0 Å². The third-order valence-corrected chi connectivity index (χ3v) is 1.29. The van der Waals surface area contributed by atoms with Crippen LogP contribution in [0.4, 0.5) is 0 Å². The second-order valence-electron chi connectivity index (χ2n) is 2.92. The molecule has 0 rings (SSSR count). The van der Waals surface area contributed by atoms with Crippen molar-refractivity contribution in [1.82, 2.24) is 5.32 Å². The van der Waals surface area contributed by atoms with Crippen LogP contribution in [0.5, 0.6) is 0 Å². The lowest BCUT2D eigenvalue weighted by atomic mass is 10.1. The van der Waals surface area contributed by atoms with E-state index in [-0.39, 0.29) is 0 Å². The monoisotopic (exact) mass is 171 g/mol. The summed E-state index contributed by atoms with van der Waals surface area (Å²) in [6.07, 6.45) is 2.83. The molecule has 0 aliphatic carbocycles. The molecule has 4 nitrogen and oxygen atoms in total. The van der Waals surface area contributed by atoms with Gasteiger partial charge in [0, 0.05) is 0 Å². The van der Waals surface area contributed by atoms with Crippen LogP contribution in [0.25, 0.3) is 0 Å². The average molecular weight is 171 g/mol. The standard InChI is InChI=1S/C8H13NO3/c1-4-5-6(10)9-8(2,3)7(11)12/h4-5H,1-3H3,(H,9,10)(H,11,12). The maximum atomic E-state index is 10.9. The number of rotatable bonds is 3. The molecule has 0 spiro atoms. The van der Waals surface area contributed by atoms with Gasteiger partial charge >= 0.3 is 5.97 Å². The van der Waals surface area contributed by atoms with Crippen LogP contribution in [0.2, 0.25) is 0 Å². The van der Waals surface area contributed by atoms with E-state index in [1.807, 2.05) is 0 Å². The molecular formula is C8H13NO3. The minimum atomic E-state index is -1.21. The minimum absolute atomic E-state index is 0.398.